The Labute approximate surface area is 93.6 Å². The van der Waals surface area contributed by atoms with Crippen molar-refractivity contribution in [1.29, 1.82) is 0 Å². The predicted molar refractivity (Wildman–Crippen MR) is 65.3 cm³/mol. The van der Waals surface area contributed by atoms with Gasteiger partial charge in [0.05, 0.1) is 5.84 Å². The summed E-state index contributed by atoms with van der Waals surface area (Å²) in [4.78, 5) is 4.50. The van der Waals surface area contributed by atoms with Gasteiger partial charge in [-0.05, 0) is 32.1 Å². The van der Waals surface area contributed by atoms with Crippen molar-refractivity contribution in [2.45, 2.75) is 64.3 Å². The Balaban J connectivity index is 1.80. The average Bonchev–Trinajstić information content (AvgIpc) is 2.58. The SMILES string of the molecule is C[C@H](NC1=NCCC1)C1CCCCCC1. The maximum Gasteiger partial charge on any atom is 0.0965 e. The summed E-state index contributed by atoms with van der Waals surface area (Å²) in [6, 6.07) is 0.639. The van der Waals surface area contributed by atoms with E-state index in [4.69, 9.17) is 0 Å². The summed E-state index contributed by atoms with van der Waals surface area (Å²) in [5, 5.41) is 3.63. The molecule has 1 heterocycles. The Hall–Kier alpha value is -0.530. The third-order valence-corrected chi connectivity index (χ3v) is 3.88. The molecule has 1 aliphatic heterocycles. The molecule has 0 saturated heterocycles. The van der Waals surface area contributed by atoms with Crippen LogP contribution < -0.4 is 5.32 Å². The van der Waals surface area contributed by atoms with Gasteiger partial charge in [-0.3, -0.25) is 4.99 Å². The minimum Gasteiger partial charge on any atom is -0.371 e. The lowest BCUT2D eigenvalue weighted by Gasteiger charge is -2.24. The maximum absolute atomic E-state index is 4.50. The lowest BCUT2D eigenvalue weighted by Crippen LogP contribution is -2.37. The summed E-state index contributed by atoms with van der Waals surface area (Å²) in [5.41, 5.74) is 0. The molecule has 2 nitrogen and oxygen atoms in total. The largest absolute Gasteiger partial charge is 0.371 e. The first-order chi connectivity index (χ1) is 7.36. The molecular weight excluding hydrogens is 184 g/mol. The van der Waals surface area contributed by atoms with Crippen LogP contribution in [0.4, 0.5) is 0 Å². The molecule has 15 heavy (non-hydrogen) atoms. The van der Waals surface area contributed by atoms with Gasteiger partial charge in [-0.1, -0.05) is 25.7 Å². The van der Waals surface area contributed by atoms with E-state index in [1.807, 2.05) is 0 Å². The van der Waals surface area contributed by atoms with Gasteiger partial charge in [0.25, 0.3) is 0 Å². The Bertz CT molecular complexity index is 215. The number of hydrogen-bond acceptors (Lipinski definition) is 2. The standard InChI is InChI=1S/C13H24N2/c1-11(15-13-9-6-10-14-13)12-7-4-2-3-5-8-12/h11-12H,2-10H2,1H3,(H,14,15)/t11-/m0/s1. The summed E-state index contributed by atoms with van der Waals surface area (Å²) >= 11 is 0. The fourth-order valence-corrected chi connectivity index (χ4v) is 2.85. The first kappa shape index (κ1) is 11.0. The van der Waals surface area contributed by atoms with Crippen LogP contribution in [0.3, 0.4) is 0 Å². The van der Waals surface area contributed by atoms with E-state index >= 15 is 0 Å². The van der Waals surface area contributed by atoms with E-state index in [2.05, 4.69) is 17.2 Å². The molecule has 2 rings (SSSR count). The van der Waals surface area contributed by atoms with Gasteiger partial charge >= 0.3 is 0 Å². The van der Waals surface area contributed by atoms with Gasteiger partial charge in [0, 0.05) is 19.0 Å². The summed E-state index contributed by atoms with van der Waals surface area (Å²) < 4.78 is 0. The lowest BCUT2D eigenvalue weighted by atomic mass is 9.93. The van der Waals surface area contributed by atoms with Crippen molar-refractivity contribution in [1.82, 2.24) is 5.32 Å². The second kappa shape index (κ2) is 5.53. The highest BCUT2D eigenvalue weighted by molar-refractivity contribution is 5.83. The molecule has 0 unspecified atom stereocenters. The summed E-state index contributed by atoms with van der Waals surface area (Å²) in [7, 11) is 0. The quantitative estimate of drug-likeness (QED) is 0.693. The minimum atomic E-state index is 0.639. The molecule has 1 N–H and O–H groups in total. The van der Waals surface area contributed by atoms with Crippen molar-refractivity contribution in [3.05, 3.63) is 0 Å². The molecule has 0 spiro atoms. The Kier molecular flexibility index (Phi) is 4.04. The minimum absolute atomic E-state index is 0.639. The molecule has 1 saturated carbocycles. The first-order valence-corrected chi connectivity index (χ1v) is 6.66. The van der Waals surface area contributed by atoms with E-state index in [-0.39, 0.29) is 0 Å². The molecule has 0 bridgehead atoms. The van der Waals surface area contributed by atoms with Gasteiger partial charge in [-0.25, -0.2) is 0 Å². The van der Waals surface area contributed by atoms with Crippen molar-refractivity contribution in [3.63, 3.8) is 0 Å². The smallest absolute Gasteiger partial charge is 0.0965 e. The Morgan fingerprint density at radius 2 is 1.87 bits per heavy atom. The van der Waals surface area contributed by atoms with Crippen LogP contribution in [-0.4, -0.2) is 18.4 Å². The molecule has 2 heteroatoms. The van der Waals surface area contributed by atoms with Crippen molar-refractivity contribution in [3.8, 4) is 0 Å². The van der Waals surface area contributed by atoms with E-state index in [1.54, 1.807) is 0 Å². The second-order valence-corrected chi connectivity index (χ2v) is 5.12. The van der Waals surface area contributed by atoms with Gasteiger partial charge < -0.3 is 5.32 Å². The zero-order valence-corrected chi connectivity index (χ0v) is 9.97. The molecule has 0 aromatic heterocycles. The monoisotopic (exact) mass is 208 g/mol. The lowest BCUT2D eigenvalue weighted by molar-refractivity contribution is 0.369. The highest BCUT2D eigenvalue weighted by atomic mass is 15.0. The second-order valence-electron chi connectivity index (χ2n) is 5.12. The Morgan fingerprint density at radius 3 is 2.47 bits per heavy atom. The summed E-state index contributed by atoms with van der Waals surface area (Å²) in [6.07, 6.45) is 11.0. The van der Waals surface area contributed by atoms with Crippen molar-refractivity contribution >= 4 is 5.84 Å². The van der Waals surface area contributed by atoms with E-state index in [9.17, 15) is 0 Å². The normalized spacial score (nSPS) is 25.8. The third-order valence-electron chi connectivity index (χ3n) is 3.88. The Morgan fingerprint density at radius 1 is 1.13 bits per heavy atom. The maximum atomic E-state index is 4.50. The molecule has 0 amide bonds. The molecule has 1 atom stereocenters. The van der Waals surface area contributed by atoms with Crippen LogP contribution in [0.1, 0.15) is 58.3 Å². The highest BCUT2D eigenvalue weighted by Gasteiger charge is 2.20. The fourth-order valence-electron chi connectivity index (χ4n) is 2.85. The fraction of sp³-hybridized carbons (Fsp3) is 0.923. The van der Waals surface area contributed by atoms with Crippen molar-refractivity contribution in [2.75, 3.05) is 6.54 Å². The summed E-state index contributed by atoms with van der Waals surface area (Å²) in [6.45, 7) is 3.39. The molecule has 0 aromatic rings. The number of rotatable bonds is 2. The average molecular weight is 208 g/mol. The highest BCUT2D eigenvalue weighted by Crippen LogP contribution is 2.25. The zero-order chi connectivity index (χ0) is 10.5. The van der Waals surface area contributed by atoms with Gasteiger partial charge in [-0.2, -0.15) is 0 Å². The molecule has 1 fully saturated rings. The van der Waals surface area contributed by atoms with Crippen LogP contribution in [0, 0.1) is 5.92 Å². The molecule has 2 aliphatic rings. The number of amidine groups is 1. The van der Waals surface area contributed by atoms with E-state index in [0.29, 0.717) is 6.04 Å². The topological polar surface area (TPSA) is 24.4 Å². The molecular formula is C13H24N2. The van der Waals surface area contributed by atoms with Crippen LogP contribution in [-0.2, 0) is 0 Å². The van der Waals surface area contributed by atoms with Crippen molar-refractivity contribution in [2.24, 2.45) is 10.9 Å². The van der Waals surface area contributed by atoms with Crippen LogP contribution >= 0.6 is 0 Å². The molecule has 1 aliphatic carbocycles. The van der Waals surface area contributed by atoms with Crippen LogP contribution in [0.15, 0.2) is 4.99 Å². The number of nitrogens with one attached hydrogen (secondary N) is 1. The summed E-state index contributed by atoms with van der Waals surface area (Å²) in [5.74, 6) is 2.16. The predicted octanol–water partition coefficient (Wildman–Crippen LogP) is 3.13. The number of hydrogen-bond donors (Lipinski definition) is 1. The van der Waals surface area contributed by atoms with Crippen LogP contribution in [0.5, 0.6) is 0 Å². The van der Waals surface area contributed by atoms with Crippen molar-refractivity contribution < 1.29 is 0 Å². The third kappa shape index (κ3) is 3.22. The van der Waals surface area contributed by atoms with Crippen LogP contribution in [0.2, 0.25) is 0 Å². The van der Waals surface area contributed by atoms with Gasteiger partial charge in [-0.15, -0.1) is 0 Å². The number of aliphatic imine (C=N–C) groups is 1. The van der Waals surface area contributed by atoms with E-state index in [1.165, 1.54) is 57.2 Å². The zero-order valence-electron chi connectivity index (χ0n) is 9.97. The van der Waals surface area contributed by atoms with Gasteiger partial charge in [0.1, 0.15) is 0 Å². The van der Waals surface area contributed by atoms with Gasteiger partial charge in [0.15, 0.2) is 0 Å². The van der Waals surface area contributed by atoms with E-state index < -0.39 is 0 Å². The molecule has 0 aromatic carbocycles. The number of nitrogens with zero attached hydrogens (tertiary/aromatic N) is 1. The van der Waals surface area contributed by atoms with Gasteiger partial charge in [0.2, 0.25) is 0 Å². The van der Waals surface area contributed by atoms with Crippen LogP contribution in [0.25, 0.3) is 0 Å². The first-order valence-electron chi connectivity index (χ1n) is 6.66. The molecule has 0 radical (unpaired) electrons. The molecule has 86 valence electrons. The van der Waals surface area contributed by atoms with E-state index in [0.717, 1.165) is 12.5 Å².